The molecule has 4 heteroatoms. The van der Waals surface area contributed by atoms with Gasteiger partial charge in [0.25, 0.3) is 0 Å². The van der Waals surface area contributed by atoms with E-state index < -0.39 is 0 Å². The van der Waals surface area contributed by atoms with Crippen LogP contribution in [0.2, 0.25) is 5.02 Å². The summed E-state index contributed by atoms with van der Waals surface area (Å²) in [6.07, 6.45) is 0. The molecule has 0 unspecified atom stereocenters. The standard InChI is InChI=1S/C16H14Cl2N2/c1-20(11-13-3-2-4-15(18)8-13)16-6-5-12(9-17)7-14(16)10-19/h2-8H,9,11H2,1H3. The highest BCUT2D eigenvalue weighted by Gasteiger charge is 2.09. The smallest absolute Gasteiger partial charge is 0.101 e. The van der Waals surface area contributed by atoms with Crippen molar-refractivity contribution in [1.82, 2.24) is 0 Å². The zero-order chi connectivity index (χ0) is 14.5. The number of benzene rings is 2. The number of rotatable bonds is 4. The largest absolute Gasteiger partial charge is 0.369 e. The van der Waals surface area contributed by atoms with Crippen LogP contribution in [0.15, 0.2) is 42.5 Å². The van der Waals surface area contributed by atoms with Gasteiger partial charge < -0.3 is 4.90 Å². The topological polar surface area (TPSA) is 27.0 Å². The van der Waals surface area contributed by atoms with Crippen LogP contribution in [0, 0.1) is 11.3 Å². The molecule has 0 bridgehead atoms. The van der Waals surface area contributed by atoms with E-state index in [1.807, 2.05) is 54.4 Å². The molecule has 0 aliphatic carbocycles. The highest BCUT2D eigenvalue weighted by Crippen LogP contribution is 2.23. The minimum Gasteiger partial charge on any atom is -0.369 e. The number of hydrogen-bond donors (Lipinski definition) is 0. The molecule has 0 aliphatic rings. The van der Waals surface area contributed by atoms with Crippen molar-refractivity contribution in [2.75, 3.05) is 11.9 Å². The lowest BCUT2D eigenvalue weighted by Gasteiger charge is -2.21. The molecule has 0 amide bonds. The molecule has 0 aromatic heterocycles. The van der Waals surface area contributed by atoms with Crippen molar-refractivity contribution in [2.45, 2.75) is 12.4 Å². The Labute approximate surface area is 129 Å². The SMILES string of the molecule is CN(Cc1cccc(Cl)c1)c1ccc(CCl)cc1C#N. The van der Waals surface area contributed by atoms with E-state index in [2.05, 4.69) is 6.07 Å². The summed E-state index contributed by atoms with van der Waals surface area (Å²) < 4.78 is 0. The first-order chi connectivity index (χ1) is 9.63. The molecule has 20 heavy (non-hydrogen) atoms. The van der Waals surface area contributed by atoms with Crippen molar-refractivity contribution in [1.29, 1.82) is 5.26 Å². The van der Waals surface area contributed by atoms with Crippen LogP contribution in [0.25, 0.3) is 0 Å². The van der Waals surface area contributed by atoms with Gasteiger partial charge in [-0.25, -0.2) is 0 Å². The number of halogens is 2. The maximum absolute atomic E-state index is 9.26. The van der Waals surface area contributed by atoms with Gasteiger partial charge in [0.2, 0.25) is 0 Å². The lowest BCUT2D eigenvalue weighted by Crippen LogP contribution is -2.17. The molecule has 0 N–H and O–H groups in total. The molecule has 102 valence electrons. The van der Waals surface area contributed by atoms with Gasteiger partial charge in [-0.15, -0.1) is 11.6 Å². The molecule has 0 spiro atoms. The summed E-state index contributed by atoms with van der Waals surface area (Å²) in [6, 6.07) is 15.6. The van der Waals surface area contributed by atoms with Crippen LogP contribution in [0.3, 0.4) is 0 Å². The Morgan fingerprint density at radius 3 is 2.60 bits per heavy atom. The first kappa shape index (κ1) is 14.7. The fourth-order valence-corrected chi connectivity index (χ4v) is 2.46. The summed E-state index contributed by atoms with van der Waals surface area (Å²) in [7, 11) is 1.96. The highest BCUT2D eigenvalue weighted by molar-refractivity contribution is 6.30. The van der Waals surface area contributed by atoms with Gasteiger partial charge in [-0.1, -0.05) is 29.8 Å². The summed E-state index contributed by atoms with van der Waals surface area (Å²) in [5, 5.41) is 9.97. The molecule has 0 saturated carbocycles. The second-order valence-corrected chi connectivity index (χ2v) is 5.29. The third-order valence-corrected chi connectivity index (χ3v) is 3.60. The molecule has 0 heterocycles. The molecule has 2 aromatic rings. The van der Waals surface area contributed by atoms with E-state index in [-0.39, 0.29) is 0 Å². The van der Waals surface area contributed by atoms with Crippen molar-refractivity contribution < 1.29 is 0 Å². The summed E-state index contributed by atoms with van der Waals surface area (Å²) in [5.74, 6) is 0.410. The van der Waals surface area contributed by atoms with Crippen molar-refractivity contribution in [3.05, 3.63) is 64.2 Å². The van der Waals surface area contributed by atoms with E-state index in [1.54, 1.807) is 0 Å². The number of nitriles is 1. The fourth-order valence-electron chi connectivity index (χ4n) is 2.08. The molecular formula is C16H14Cl2N2. The maximum atomic E-state index is 9.26. The predicted octanol–water partition coefficient (Wildman–Crippen LogP) is 4.59. The van der Waals surface area contributed by atoms with Gasteiger partial charge in [0.15, 0.2) is 0 Å². The Morgan fingerprint density at radius 2 is 1.95 bits per heavy atom. The van der Waals surface area contributed by atoms with E-state index in [0.29, 0.717) is 23.0 Å². The second kappa shape index (κ2) is 6.65. The fraction of sp³-hybridized carbons (Fsp3) is 0.188. The van der Waals surface area contributed by atoms with E-state index in [9.17, 15) is 5.26 Å². The van der Waals surface area contributed by atoms with Crippen molar-refractivity contribution in [3.63, 3.8) is 0 Å². The van der Waals surface area contributed by atoms with Gasteiger partial charge in [-0.2, -0.15) is 5.26 Å². The van der Waals surface area contributed by atoms with Crippen LogP contribution in [-0.2, 0) is 12.4 Å². The lowest BCUT2D eigenvalue weighted by atomic mass is 10.1. The summed E-state index contributed by atoms with van der Waals surface area (Å²) in [6.45, 7) is 0.690. The summed E-state index contributed by atoms with van der Waals surface area (Å²) in [4.78, 5) is 2.03. The highest BCUT2D eigenvalue weighted by atomic mass is 35.5. The average Bonchev–Trinajstić information content (AvgIpc) is 2.46. The van der Waals surface area contributed by atoms with Gasteiger partial charge in [0.05, 0.1) is 11.3 Å². The Balaban J connectivity index is 2.25. The van der Waals surface area contributed by atoms with Crippen LogP contribution in [-0.4, -0.2) is 7.05 Å². The number of alkyl halides is 1. The van der Waals surface area contributed by atoms with Crippen molar-refractivity contribution in [2.24, 2.45) is 0 Å². The predicted molar refractivity (Wildman–Crippen MR) is 84.3 cm³/mol. The molecule has 0 atom stereocenters. The van der Waals surface area contributed by atoms with Gasteiger partial charge >= 0.3 is 0 Å². The van der Waals surface area contributed by atoms with Gasteiger partial charge in [-0.05, 0) is 35.4 Å². The zero-order valence-electron chi connectivity index (χ0n) is 11.1. The van der Waals surface area contributed by atoms with E-state index in [1.165, 1.54) is 0 Å². The van der Waals surface area contributed by atoms with E-state index in [4.69, 9.17) is 23.2 Å². The van der Waals surface area contributed by atoms with Gasteiger partial charge in [0.1, 0.15) is 6.07 Å². The van der Waals surface area contributed by atoms with Gasteiger partial charge in [0, 0.05) is 24.5 Å². The minimum atomic E-state index is 0.410. The number of nitrogens with zero attached hydrogens (tertiary/aromatic N) is 2. The van der Waals surface area contributed by atoms with E-state index >= 15 is 0 Å². The Morgan fingerprint density at radius 1 is 1.15 bits per heavy atom. The Bertz CT molecular complexity index is 647. The first-order valence-corrected chi connectivity index (χ1v) is 7.10. The van der Waals surface area contributed by atoms with Crippen LogP contribution >= 0.6 is 23.2 Å². The van der Waals surface area contributed by atoms with Crippen molar-refractivity contribution >= 4 is 28.9 Å². The summed E-state index contributed by atoms with van der Waals surface area (Å²) >= 11 is 11.8. The van der Waals surface area contributed by atoms with Crippen LogP contribution < -0.4 is 4.90 Å². The van der Waals surface area contributed by atoms with E-state index in [0.717, 1.165) is 16.8 Å². The molecule has 0 radical (unpaired) electrons. The first-order valence-electron chi connectivity index (χ1n) is 6.18. The monoisotopic (exact) mass is 304 g/mol. The summed E-state index contributed by atoms with van der Waals surface area (Å²) in [5.41, 5.74) is 3.57. The third-order valence-electron chi connectivity index (χ3n) is 3.06. The zero-order valence-corrected chi connectivity index (χ0v) is 12.6. The quantitative estimate of drug-likeness (QED) is 0.773. The molecule has 0 fully saturated rings. The molecule has 0 aliphatic heterocycles. The molecule has 0 saturated heterocycles. The maximum Gasteiger partial charge on any atom is 0.101 e. The molecule has 2 nitrogen and oxygen atoms in total. The number of anilines is 1. The average molecular weight is 305 g/mol. The minimum absolute atomic E-state index is 0.410. The molecular weight excluding hydrogens is 291 g/mol. The normalized spacial score (nSPS) is 10.1. The van der Waals surface area contributed by atoms with Gasteiger partial charge in [-0.3, -0.25) is 0 Å². The van der Waals surface area contributed by atoms with Crippen LogP contribution in [0.4, 0.5) is 5.69 Å². The lowest BCUT2D eigenvalue weighted by molar-refractivity contribution is 0.920. The van der Waals surface area contributed by atoms with Crippen LogP contribution in [0.5, 0.6) is 0 Å². The van der Waals surface area contributed by atoms with Crippen molar-refractivity contribution in [3.8, 4) is 6.07 Å². The van der Waals surface area contributed by atoms with Crippen LogP contribution in [0.1, 0.15) is 16.7 Å². The Hall–Kier alpha value is -1.69. The Kier molecular flexibility index (Phi) is 4.89. The number of hydrogen-bond acceptors (Lipinski definition) is 2. The second-order valence-electron chi connectivity index (χ2n) is 4.58. The molecule has 2 aromatic carbocycles. The molecule has 2 rings (SSSR count). The third kappa shape index (κ3) is 3.45.